The topological polar surface area (TPSA) is 65.7 Å². The summed E-state index contributed by atoms with van der Waals surface area (Å²) in [6.07, 6.45) is 3.84. The van der Waals surface area contributed by atoms with Crippen molar-refractivity contribution in [1.29, 1.82) is 0 Å². The van der Waals surface area contributed by atoms with Crippen molar-refractivity contribution in [2.24, 2.45) is 4.99 Å². The maximum atomic E-state index is 14.5. The van der Waals surface area contributed by atoms with Gasteiger partial charge in [0.2, 0.25) is 0 Å². The van der Waals surface area contributed by atoms with Gasteiger partial charge in [0, 0.05) is 32.0 Å². The Labute approximate surface area is 170 Å². The third-order valence-corrected chi connectivity index (χ3v) is 4.31. The van der Waals surface area contributed by atoms with Crippen LogP contribution in [0.3, 0.4) is 0 Å². The van der Waals surface area contributed by atoms with Gasteiger partial charge in [-0.3, -0.25) is 0 Å². The first-order valence-corrected chi connectivity index (χ1v) is 8.58. The molecule has 0 radical (unpaired) electrons. The van der Waals surface area contributed by atoms with Gasteiger partial charge in [0.1, 0.15) is 11.6 Å². The second kappa shape index (κ2) is 9.31. The van der Waals surface area contributed by atoms with E-state index in [4.69, 9.17) is 0 Å². The van der Waals surface area contributed by atoms with E-state index in [-0.39, 0.29) is 35.9 Å². The number of aliphatic hydroxyl groups excluding tert-OH is 1. The Balaban J connectivity index is 0.00000243. The first kappa shape index (κ1) is 20.6. The largest absolute Gasteiger partial charge is 0.391 e. The zero-order valence-electron chi connectivity index (χ0n) is 15.0. The molecule has 0 amide bonds. The number of aryl methyl sites for hydroxylation is 1. The molecule has 1 saturated heterocycles. The van der Waals surface area contributed by atoms with Crippen molar-refractivity contribution < 1.29 is 9.50 Å². The number of imidazole rings is 1. The first-order valence-electron chi connectivity index (χ1n) is 8.58. The van der Waals surface area contributed by atoms with Crippen molar-refractivity contribution in [3.63, 3.8) is 0 Å². The molecule has 0 spiro atoms. The van der Waals surface area contributed by atoms with Crippen LogP contribution in [0.25, 0.3) is 5.69 Å². The molecule has 2 heterocycles. The lowest BCUT2D eigenvalue weighted by Crippen LogP contribution is -2.40. The van der Waals surface area contributed by atoms with Gasteiger partial charge < -0.3 is 19.9 Å². The number of likely N-dealkylation sites (tertiary alicyclic amines) is 1. The van der Waals surface area contributed by atoms with Crippen LogP contribution in [-0.4, -0.2) is 51.3 Å². The van der Waals surface area contributed by atoms with E-state index in [2.05, 4.69) is 15.3 Å². The van der Waals surface area contributed by atoms with Crippen LogP contribution < -0.4 is 5.32 Å². The second-order valence-electron chi connectivity index (χ2n) is 6.19. The maximum Gasteiger partial charge on any atom is 0.194 e. The normalized spacial score (nSPS) is 17.3. The molecular formula is C18H25FIN5O. The molecule has 6 nitrogen and oxygen atoms in total. The number of β-amino-alcohol motifs (C(OH)–C–C–N with tert-alkyl or cyclic N) is 1. The van der Waals surface area contributed by atoms with Crippen molar-refractivity contribution in [3.8, 4) is 5.69 Å². The lowest BCUT2D eigenvalue weighted by Gasteiger charge is -2.21. The number of benzene rings is 1. The highest BCUT2D eigenvalue weighted by Crippen LogP contribution is 2.17. The van der Waals surface area contributed by atoms with Crippen LogP contribution >= 0.6 is 24.0 Å². The van der Waals surface area contributed by atoms with Gasteiger partial charge in [0.25, 0.3) is 0 Å². The molecule has 0 saturated carbocycles. The van der Waals surface area contributed by atoms with Gasteiger partial charge in [-0.25, -0.2) is 14.4 Å². The number of hydrogen-bond acceptors (Lipinski definition) is 3. The zero-order chi connectivity index (χ0) is 17.8. The van der Waals surface area contributed by atoms with Crippen molar-refractivity contribution >= 4 is 29.9 Å². The molecule has 0 bridgehead atoms. The fourth-order valence-electron chi connectivity index (χ4n) is 3.00. The van der Waals surface area contributed by atoms with Gasteiger partial charge in [-0.15, -0.1) is 24.0 Å². The van der Waals surface area contributed by atoms with Gasteiger partial charge in [0.15, 0.2) is 5.96 Å². The Kier molecular flexibility index (Phi) is 7.39. The number of hydrogen-bond donors (Lipinski definition) is 2. The fraction of sp³-hybridized carbons (Fsp3) is 0.444. The molecule has 0 unspecified atom stereocenters. The summed E-state index contributed by atoms with van der Waals surface area (Å²) >= 11 is 0. The SMILES string of the molecule is CCNC(=NCc1ccc(-n2ccnc2C)c(F)c1)N1CC[C@@H](O)C1.I. The van der Waals surface area contributed by atoms with Crippen LogP contribution in [0.15, 0.2) is 35.6 Å². The Bertz CT molecular complexity index is 764. The summed E-state index contributed by atoms with van der Waals surface area (Å²) in [5.74, 6) is 1.20. The van der Waals surface area contributed by atoms with E-state index in [1.807, 2.05) is 24.8 Å². The average molecular weight is 473 g/mol. The Hall–Kier alpha value is -1.68. The number of nitrogens with zero attached hydrogens (tertiary/aromatic N) is 4. The van der Waals surface area contributed by atoms with E-state index in [0.29, 0.717) is 18.8 Å². The molecule has 1 aliphatic rings. The molecule has 1 atom stereocenters. The summed E-state index contributed by atoms with van der Waals surface area (Å²) in [5, 5.41) is 12.9. The predicted molar refractivity (Wildman–Crippen MR) is 111 cm³/mol. The van der Waals surface area contributed by atoms with E-state index >= 15 is 0 Å². The van der Waals surface area contributed by atoms with E-state index in [9.17, 15) is 9.50 Å². The molecule has 1 aromatic heterocycles. The zero-order valence-corrected chi connectivity index (χ0v) is 17.4. The molecule has 142 valence electrons. The number of guanidine groups is 1. The minimum atomic E-state index is -0.306. The number of nitrogens with one attached hydrogen (secondary N) is 1. The van der Waals surface area contributed by atoms with Crippen LogP contribution in [0, 0.1) is 12.7 Å². The van der Waals surface area contributed by atoms with Crippen molar-refractivity contribution in [2.45, 2.75) is 32.9 Å². The quantitative estimate of drug-likeness (QED) is 0.407. The highest BCUT2D eigenvalue weighted by Gasteiger charge is 2.22. The lowest BCUT2D eigenvalue weighted by molar-refractivity contribution is 0.188. The predicted octanol–water partition coefficient (Wildman–Crippen LogP) is 2.47. The molecule has 1 aromatic carbocycles. The van der Waals surface area contributed by atoms with Crippen molar-refractivity contribution in [2.75, 3.05) is 19.6 Å². The van der Waals surface area contributed by atoms with E-state index in [1.165, 1.54) is 6.07 Å². The molecule has 2 aromatic rings. The van der Waals surface area contributed by atoms with E-state index < -0.39 is 0 Å². The molecule has 26 heavy (non-hydrogen) atoms. The molecule has 1 fully saturated rings. The molecule has 2 N–H and O–H groups in total. The van der Waals surface area contributed by atoms with Crippen LogP contribution in [0.4, 0.5) is 4.39 Å². The van der Waals surface area contributed by atoms with Gasteiger partial charge in [-0.1, -0.05) is 6.07 Å². The Morgan fingerprint density at radius 3 is 2.85 bits per heavy atom. The summed E-state index contributed by atoms with van der Waals surface area (Å²) in [6, 6.07) is 5.14. The van der Waals surface area contributed by atoms with Crippen molar-refractivity contribution in [1.82, 2.24) is 19.8 Å². The van der Waals surface area contributed by atoms with Crippen LogP contribution in [0.2, 0.25) is 0 Å². The smallest absolute Gasteiger partial charge is 0.194 e. The second-order valence-corrected chi connectivity index (χ2v) is 6.19. The Morgan fingerprint density at radius 1 is 1.46 bits per heavy atom. The molecule has 1 aliphatic heterocycles. The van der Waals surface area contributed by atoms with Gasteiger partial charge in [-0.2, -0.15) is 0 Å². The first-order chi connectivity index (χ1) is 12.1. The third-order valence-electron chi connectivity index (χ3n) is 4.31. The summed E-state index contributed by atoms with van der Waals surface area (Å²) in [6.45, 7) is 6.33. The highest BCUT2D eigenvalue weighted by atomic mass is 127. The standard InChI is InChI=1S/C18H24FN5O.HI/c1-3-20-18(23-8-6-15(25)12-23)22-11-14-4-5-17(16(19)10-14)24-9-7-21-13(24)2;/h4-5,7,9-10,15,25H,3,6,8,11-12H2,1-2H3,(H,20,22);1H/t15-;/m1./s1. The molecule has 8 heteroatoms. The van der Waals surface area contributed by atoms with E-state index in [1.54, 1.807) is 23.0 Å². The average Bonchev–Trinajstić information content (AvgIpc) is 3.20. The lowest BCUT2D eigenvalue weighted by atomic mass is 10.2. The number of aliphatic imine (C=N–C) groups is 1. The summed E-state index contributed by atoms with van der Waals surface area (Å²) in [7, 11) is 0. The number of halogens is 2. The van der Waals surface area contributed by atoms with Crippen LogP contribution in [0.1, 0.15) is 24.7 Å². The van der Waals surface area contributed by atoms with Crippen molar-refractivity contribution in [3.05, 3.63) is 47.8 Å². The summed E-state index contributed by atoms with van der Waals surface area (Å²) in [4.78, 5) is 10.7. The monoisotopic (exact) mass is 473 g/mol. The maximum absolute atomic E-state index is 14.5. The summed E-state index contributed by atoms with van der Waals surface area (Å²) in [5.41, 5.74) is 1.28. The molecule has 0 aliphatic carbocycles. The van der Waals surface area contributed by atoms with Gasteiger partial charge in [-0.05, 0) is 38.0 Å². The number of aliphatic hydroxyl groups is 1. The minimum Gasteiger partial charge on any atom is -0.391 e. The van der Waals surface area contributed by atoms with Gasteiger partial charge >= 0.3 is 0 Å². The summed E-state index contributed by atoms with van der Waals surface area (Å²) < 4.78 is 16.2. The van der Waals surface area contributed by atoms with Crippen LogP contribution in [0.5, 0.6) is 0 Å². The highest BCUT2D eigenvalue weighted by molar-refractivity contribution is 14.0. The van der Waals surface area contributed by atoms with Gasteiger partial charge in [0.05, 0.1) is 18.3 Å². The third kappa shape index (κ3) is 4.73. The fourth-order valence-corrected chi connectivity index (χ4v) is 3.00. The van der Waals surface area contributed by atoms with E-state index in [0.717, 1.165) is 36.9 Å². The number of rotatable bonds is 4. The molecule has 3 rings (SSSR count). The van der Waals surface area contributed by atoms with Crippen LogP contribution in [-0.2, 0) is 6.54 Å². The number of aromatic nitrogens is 2. The minimum absolute atomic E-state index is 0. The Morgan fingerprint density at radius 2 is 2.27 bits per heavy atom. The molecular weight excluding hydrogens is 448 g/mol.